The number of hydrogen-bond acceptors (Lipinski definition) is 4. The zero-order valence-corrected chi connectivity index (χ0v) is 9.19. The topological polar surface area (TPSA) is 55.8 Å². The summed E-state index contributed by atoms with van der Waals surface area (Å²) < 4.78 is 44.3. The first-order valence-corrected chi connectivity index (χ1v) is 4.66. The van der Waals surface area contributed by atoms with E-state index in [0.29, 0.717) is 0 Å². The van der Waals surface area contributed by atoms with Crippen molar-refractivity contribution >= 4 is 12.0 Å². The largest absolute Gasteiger partial charge is 0.573 e. The van der Waals surface area contributed by atoms with Crippen LogP contribution in [0.3, 0.4) is 0 Å². The monoisotopic (exact) mass is 262 g/mol. The summed E-state index contributed by atoms with van der Waals surface area (Å²) in [4.78, 5) is 10.8. The van der Waals surface area contributed by atoms with Crippen molar-refractivity contribution in [2.24, 2.45) is 0 Å². The van der Waals surface area contributed by atoms with Crippen molar-refractivity contribution in [3.63, 3.8) is 0 Å². The van der Waals surface area contributed by atoms with Gasteiger partial charge in [-0.25, -0.2) is 4.79 Å². The van der Waals surface area contributed by atoms with Gasteiger partial charge in [-0.1, -0.05) is 0 Å². The van der Waals surface area contributed by atoms with Gasteiger partial charge >= 0.3 is 12.3 Å². The molecular formula is C11H9F3O4. The fourth-order valence-corrected chi connectivity index (χ4v) is 1.11. The second-order valence-corrected chi connectivity index (χ2v) is 3.13. The van der Waals surface area contributed by atoms with Gasteiger partial charge in [0.2, 0.25) is 0 Å². The number of hydrogen-bond donors (Lipinski definition) is 1. The molecule has 0 heterocycles. The van der Waals surface area contributed by atoms with Crippen molar-refractivity contribution in [3.05, 3.63) is 29.8 Å². The molecule has 98 valence electrons. The van der Waals surface area contributed by atoms with Gasteiger partial charge < -0.3 is 14.6 Å². The fraction of sp³-hybridized carbons (Fsp3) is 0.182. The van der Waals surface area contributed by atoms with Crippen LogP contribution in [-0.4, -0.2) is 24.5 Å². The number of phenols is 1. The molecule has 4 nitrogen and oxygen atoms in total. The number of carbonyl (C=O) groups excluding carboxylic acids is 1. The smallest absolute Gasteiger partial charge is 0.508 e. The van der Waals surface area contributed by atoms with E-state index in [1.807, 2.05) is 0 Å². The first kappa shape index (κ1) is 13.9. The highest BCUT2D eigenvalue weighted by Crippen LogP contribution is 2.29. The molecule has 18 heavy (non-hydrogen) atoms. The molecule has 0 amide bonds. The Balaban J connectivity index is 3.04. The van der Waals surface area contributed by atoms with Gasteiger partial charge in [0, 0.05) is 11.6 Å². The Labute approximate surface area is 100 Å². The summed E-state index contributed by atoms with van der Waals surface area (Å²) in [7, 11) is 1.13. The summed E-state index contributed by atoms with van der Waals surface area (Å²) in [5, 5.41) is 9.17. The molecule has 0 radical (unpaired) electrons. The van der Waals surface area contributed by atoms with Crippen molar-refractivity contribution in [3.8, 4) is 11.5 Å². The second kappa shape index (κ2) is 5.44. The molecular weight excluding hydrogens is 253 g/mol. The minimum absolute atomic E-state index is 0.0993. The minimum Gasteiger partial charge on any atom is -0.508 e. The lowest BCUT2D eigenvalue weighted by Crippen LogP contribution is -2.17. The number of phenolic OH excluding ortho intramolecular Hbond substituents is 1. The summed E-state index contributed by atoms with van der Waals surface area (Å²) in [6, 6.07) is 3.01. The number of aromatic hydroxyl groups is 1. The van der Waals surface area contributed by atoms with Crippen LogP contribution in [0.5, 0.6) is 11.5 Å². The molecule has 0 saturated carbocycles. The van der Waals surface area contributed by atoms with Crippen molar-refractivity contribution in [2.75, 3.05) is 7.11 Å². The Kier molecular flexibility index (Phi) is 4.19. The summed E-state index contributed by atoms with van der Waals surface area (Å²) in [6.07, 6.45) is -2.89. The zero-order chi connectivity index (χ0) is 13.8. The van der Waals surface area contributed by atoms with Crippen molar-refractivity contribution in [2.45, 2.75) is 6.36 Å². The van der Waals surface area contributed by atoms with Gasteiger partial charge in [0.1, 0.15) is 11.5 Å². The fourth-order valence-electron chi connectivity index (χ4n) is 1.11. The lowest BCUT2D eigenvalue weighted by atomic mass is 10.1. The first-order valence-electron chi connectivity index (χ1n) is 4.66. The maximum Gasteiger partial charge on any atom is 0.573 e. The number of ether oxygens (including phenoxy) is 2. The summed E-state index contributed by atoms with van der Waals surface area (Å²) in [5.41, 5.74) is -0.0993. The number of carbonyl (C=O) groups is 1. The highest BCUT2D eigenvalue weighted by Gasteiger charge is 2.31. The Morgan fingerprint density at radius 3 is 2.61 bits per heavy atom. The first-order chi connectivity index (χ1) is 8.31. The van der Waals surface area contributed by atoms with Crippen LogP contribution in [0.15, 0.2) is 24.3 Å². The molecule has 0 fully saturated rings. The lowest BCUT2D eigenvalue weighted by Gasteiger charge is -2.11. The number of alkyl halides is 3. The highest BCUT2D eigenvalue weighted by atomic mass is 19.4. The van der Waals surface area contributed by atoms with Crippen LogP contribution in [0.4, 0.5) is 13.2 Å². The van der Waals surface area contributed by atoms with E-state index in [0.717, 1.165) is 37.5 Å². The number of methoxy groups -OCH3 is 1. The van der Waals surface area contributed by atoms with Crippen LogP contribution in [0, 0.1) is 0 Å². The van der Waals surface area contributed by atoms with E-state index in [2.05, 4.69) is 9.47 Å². The molecule has 0 aliphatic carbocycles. The van der Waals surface area contributed by atoms with Crippen LogP contribution >= 0.6 is 0 Å². The SMILES string of the molecule is COC(=O)C=Cc1cc(O)ccc1OC(F)(F)F. The number of rotatable bonds is 3. The third-order valence-electron chi connectivity index (χ3n) is 1.82. The van der Waals surface area contributed by atoms with Gasteiger partial charge in [-0.15, -0.1) is 13.2 Å². The summed E-state index contributed by atoms with van der Waals surface area (Å²) >= 11 is 0. The van der Waals surface area contributed by atoms with Gasteiger partial charge in [-0.05, 0) is 24.3 Å². The van der Waals surface area contributed by atoms with Crippen LogP contribution in [0.1, 0.15) is 5.56 Å². The average Bonchev–Trinajstić information content (AvgIpc) is 2.27. The Morgan fingerprint density at radius 2 is 2.06 bits per heavy atom. The molecule has 0 spiro atoms. The molecule has 0 bridgehead atoms. The molecule has 0 aliphatic rings. The molecule has 0 atom stereocenters. The maximum atomic E-state index is 12.1. The Hall–Kier alpha value is -2.18. The number of halogens is 3. The zero-order valence-electron chi connectivity index (χ0n) is 9.19. The highest BCUT2D eigenvalue weighted by molar-refractivity contribution is 5.87. The third kappa shape index (κ3) is 4.36. The predicted molar refractivity (Wildman–Crippen MR) is 55.8 cm³/mol. The molecule has 0 aliphatic heterocycles. The van der Waals surface area contributed by atoms with E-state index < -0.39 is 18.1 Å². The summed E-state index contributed by atoms with van der Waals surface area (Å²) in [5.74, 6) is -1.52. The van der Waals surface area contributed by atoms with Crippen molar-refractivity contribution in [1.82, 2.24) is 0 Å². The molecule has 1 aromatic rings. The number of benzene rings is 1. The van der Waals surface area contributed by atoms with Gasteiger partial charge in [0.25, 0.3) is 0 Å². The molecule has 1 rings (SSSR count). The van der Waals surface area contributed by atoms with E-state index in [4.69, 9.17) is 0 Å². The van der Waals surface area contributed by atoms with E-state index >= 15 is 0 Å². The van der Waals surface area contributed by atoms with E-state index in [-0.39, 0.29) is 11.3 Å². The standard InChI is InChI=1S/C11H9F3O4/c1-17-10(16)5-2-7-6-8(15)3-4-9(7)18-11(12,13)14/h2-6,15H,1H3. The quantitative estimate of drug-likeness (QED) is 0.671. The average molecular weight is 262 g/mol. The molecule has 1 N–H and O–H groups in total. The molecule has 7 heteroatoms. The van der Waals surface area contributed by atoms with E-state index in [1.54, 1.807) is 0 Å². The predicted octanol–water partition coefficient (Wildman–Crippen LogP) is 2.48. The third-order valence-corrected chi connectivity index (χ3v) is 1.82. The lowest BCUT2D eigenvalue weighted by molar-refractivity contribution is -0.274. The van der Waals surface area contributed by atoms with Crippen LogP contribution in [0.25, 0.3) is 6.08 Å². The van der Waals surface area contributed by atoms with Crippen LogP contribution in [-0.2, 0) is 9.53 Å². The van der Waals surface area contributed by atoms with Crippen LogP contribution < -0.4 is 4.74 Å². The van der Waals surface area contributed by atoms with Crippen LogP contribution in [0.2, 0.25) is 0 Å². The van der Waals surface area contributed by atoms with Gasteiger partial charge in [0.15, 0.2) is 0 Å². The minimum atomic E-state index is -4.86. The molecule has 0 saturated heterocycles. The summed E-state index contributed by atoms with van der Waals surface area (Å²) in [6.45, 7) is 0. The second-order valence-electron chi connectivity index (χ2n) is 3.13. The van der Waals surface area contributed by atoms with E-state index in [1.165, 1.54) is 0 Å². The van der Waals surface area contributed by atoms with Gasteiger partial charge in [-0.3, -0.25) is 0 Å². The van der Waals surface area contributed by atoms with Gasteiger partial charge in [0.05, 0.1) is 7.11 Å². The normalized spacial score (nSPS) is 11.6. The Bertz CT molecular complexity index is 466. The molecule has 0 unspecified atom stereocenters. The number of esters is 1. The van der Waals surface area contributed by atoms with E-state index in [9.17, 15) is 23.1 Å². The molecule has 0 aromatic heterocycles. The maximum absolute atomic E-state index is 12.1. The van der Waals surface area contributed by atoms with Gasteiger partial charge in [-0.2, -0.15) is 0 Å². The molecule has 1 aromatic carbocycles. The van der Waals surface area contributed by atoms with Crippen molar-refractivity contribution in [1.29, 1.82) is 0 Å². The Morgan fingerprint density at radius 1 is 1.39 bits per heavy atom. The van der Waals surface area contributed by atoms with Crippen molar-refractivity contribution < 1.29 is 32.5 Å².